The van der Waals surface area contributed by atoms with Crippen molar-refractivity contribution in [1.82, 2.24) is 0 Å². The average Bonchev–Trinajstić information content (AvgIpc) is 3.27. The van der Waals surface area contributed by atoms with Gasteiger partial charge in [0.05, 0.1) is 6.61 Å². The smallest absolute Gasteiger partial charge is 0.306 e. The topological polar surface area (TPSA) is 61.8 Å². The van der Waals surface area contributed by atoms with Gasteiger partial charge in [0.15, 0.2) is 6.10 Å². The molecule has 5 nitrogen and oxygen atoms in total. The van der Waals surface area contributed by atoms with Gasteiger partial charge < -0.3 is 14.2 Å². The fourth-order valence-electron chi connectivity index (χ4n) is 6.85. The molecule has 0 radical (unpaired) electrons. The van der Waals surface area contributed by atoms with Gasteiger partial charge >= 0.3 is 11.9 Å². The lowest BCUT2D eigenvalue weighted by Crippen LogP contribution is -2.30. The van der Waals surface area contributed by atoms with Crippen LogP contribution < -0.4 is 0 Å². The van der Waals surface area contributed by atoms with Crippen molar-refractivity contribution in [2.24, 2.45) is 0 Å². The summed E-state index contributed by atoms with van der Waals surface area (Å²) in [6, 6.07) is 0. The van der Waals surface area contributed by atoms with Crippen LogP contribution in [0.15, 0.2) is 97.2 Å². The van der Waals surface area contributed by atoms with Crippen molar-refractivity contribution >= 4 is 11.9 Å². The predicted molar refractivity (Wildman–Crippen MR) is 270 cm³/mol. The van der Waals surface area contributed by atoms with E-state index in [1.165, 1.54) is 96.3 Å². The fourth-order valence-corrected chi connectivity index (χ4v) is 6.85. The molecular weight excluding hydrogens is 765 g/mol. The molecule has 0 N–H and O–H groups in total. The van der Waals surface area contributed by atoms with Crippen LogP contribution in [-0.4, -0.2) is 37.9 Å². The van der Waals surface area contributed by atoms with Gasteiger partial charge in [0.25, 0.3) is 0 Å². The van der Waals surface area contributed by atoms with Crippen molar-refractivity contribution in [2.75, 3.05) is 19.8 Å². The van der Waals surface area contributed by atoms with Crippen molar-refractivity contribution < 1.29 is 23.8 Å². The van der Waals surface area contributed by atoms with E-state index in [0.717, 1.165) is 96.3 Å². The first-order chi connectivity index (χ1) is 30.6. The second-order valence-electron chi connectivity index (χ2n) is 16.7. The van der Waals surface area contributed by atoms with Gasteiger partial charge in [0.1, 0.15) is 6.61 Å². The standard InChI is InChI=1S/C57H96O5/c1-4-7-10-13-16-19-22-25-27-29-30-33-35-38-41-44-47-50-56(58)61-54-55(62-57(59)51-48-45-42-39-36-32-24-21-18-15-12-9-6-3)53-60-52-49-46-43-40-37-34-31-28-26-23-20-17-14-11-8-5-2/h7-8,10-11,16-17,19-20,25-28,30,33,38,41,55H,4-6,9,12-15,18,21-24,29,31-32,34-37,39-40,42-54H2,1-3H3/b10-7-,11-8-,19-16-,20-17-,27-25-,28-26-,33-30-,41-38-. The van der Waals surface area contributed by atoms with Gasteiger partial charge in [-0.15, -0.1) is 0 Å². The molecule has 0 aromatic heterocycles. The van der Waals surface area contributed by atoms with Crippen molar-refractivity contribution in [2.45, 2.75) is 232 Å². The van der Waals surface area contributed by atoms with Gasteiger partial charge in [0, 0.05) is 19.4 Å². The zero-order valence-electron chi connectivity index (χ0n) is 40.6. The molecule has 5 heteroatoms. The highest BCUT2D eigenvalue weighted by Gasteiger charge is 2.17. The summed E-state index contributed by atoms with van der Waals surface area (Å²) in [6.07, 6.45) is 69.9. The van der Waals surface area contributed by atoms with Gasteiger partial charge in [0.2, 0.25) is 0 Å². The molecule has 0 aliphatic rings. The molecule has 0 aliphatic heterocycles. The van der Waals surface area contributed by atoms with Crippen LogP contribution in [0.5, 0.6) is 0 Å². The Morgan fingerprint density at radius 3 is 1.21 bits per heavy atom. The van der Waals surface area contributed by atoms with E-state index in [1.54, 1.807) is 0 Å². The van der Waals surface area contributed by atoms with Crippen LogP contribution in [0.25, 0.3) is 0 Å². The molecule has 1 unspecified atom stereocenters. The highest BCUT2D eigenvalue weighted by molar-refractivity contribution is 5.70. The molecule has 0 aliphatic carbocycles. The number of hydrogen-bond acceptors (Lipinski definition) is 5. The molecular formula is C57H96O5. The zero-order chi connectivity index (χ0) is 44.9. The number of unbranched alkanes of at least 4 members (excludes halogenated alkanes) is 19. The molecule has 62 heavy (non-hydrogen) atoms. The highest BCUT2D eigenvalue weighted by Crippen LogP contribution is 2.14. The van der Waals surface area contributed by atoms with E-state index in [2.05, 4.69) is 118 Å². The SMILES string of the molecule is CC/C=C\C/C=C\C/C=C\C/C=C\C/C=C\CCCC(=O)OCC(COCCCCCCCC/C=C\C/C=C\C/C=C\CC)OC(=O)CCCCCCCCCCCCCCC. The number of hydrogen-bond donors (Lipinski definition) is 0. The fraction of sp³-hybridized carbons (Fsp3) is 0.684. The van der Waals surface area contributed by atoms with Gasteiger partial charge in [-0.2, -0.15) is 0 Å². The Morgan fingerprint density at radius 1 is 0.371 bits per heavy atom. The number of allylic oxidation sites excluding steroid dienone is 16. The Labute approximate surface area is 383 Å². The first-order valence-electron chi connectivity index (χ1n) is 25.8. The van der Waals surface area contributed by atoms with Gasteiger partial charge in [-0.3, -0.25) is 9.59 Å². The van der Waals surface area contributed by atoms with E-state index in [0.29, 0.717) is 19.4 Å². The zero-order valence-corrected chi connectivity index (χ0v) is 40.6. The van der Waals surface area contributed by atoms with Crippen LogP contribution in [0.1, 0.15) is 226 Å². The minimum Gasteiger partial charge on any atom is -0.462 e. The Bertz CT molecular complexity index is 1200. The third kappa shape index (κ3) is 49.5. The maximum absolute atomic E-state index is 12.8. The van der Waals surface area contributed by atoms with E-state index >= 15 is 0 Å². The van der Waals surface area contributed by atoms with Crippen LogP contribution >= 0.6 is 0 Å². The second kappa shape index (κ2) is 52.2. The number of carbonyl (C=O) groups excluding carboxylic acids is 2. The number of ether oxygens (including phenoxy) is 3. The minimum absolute atomic E-state index is 0.0475. The molecule has 0 spiro atoms. The molecule has 0 fully saturated rings. The van der Waals surface area contributed by atoms with Crippen molar-refractivity contribution in [3.05, 3.63) is 97.2 Å². The second-order valence-corrected chi connectivity index (χ2v) is 16.7. The number of rotatable bonds is 46. The van der Waals surface area contributed by atoms with E-state index in [-0.39, 0.29) is 25.2 Å². The Kier molecular flexibility index (Phi) is 49.5. The number of esters is 2. The first-order valence-corrected chi connectivity index (χ1v) is 25.8. The Morgan fingerprint density at radius 2 is 0.742 bits per heavy atom. The molecule has 0 amide bonds. The van der Waals surface area contributed by atoms with Crippen LogP contribution in [0.3, 0.4) is 0 Å². The summed E-state index contributed by atoms with van der Waals surface area (Å²) in [5.74, 6) is -0.472. The molecule has 0 aromatic rings. The molecule has 0 rings (SSSR count). The number of carbonyl (C=O) groups is 2. The van der Waals surface area contributed by atoms with E-state index in [4.69, 9.17) is 14.2 Å². The van der Waals surface area contributed by atoms with Crippen LogP contribution in [-0.2, 0) is 23.8 Å². The molecule has 0 saturated heterocycles. The predicted octanol–water partition coefficient (Wildman–Crippen LogP) is 17.5. The maximum Gasteiger partial charge on any atom is 0.306 e. The monoisotopic (exact) mass is 861 g/mol. The molecule has 0 aromatic carbocycles. The van der Waals surface area contributed by atoms with Gasteiger partial charge in [-0.1, -0.05) is 221 Å². The average molecular weight is 861 g/mol. The van der Waals surface area contributed by atoms with Gasteiger partial charge in [-0.25, -0.2) is 0 Å². The lowest BCUT2D eigenvalue weighted by atomic mass is 10.0. The van der Waals surface area contributed by atoms with Crippen molar-refractivity contribution in [3.63, 3.8) is 0 Å². The molecule has 0 bridgehead atoms. The summed E-state index contributed by atoms with van der Waals surface area (Å²) in [7, 11) is 0. The third-order valence-electron chi connectivity index (χ3n) is 10.6. The summed E-state index contributed by atoms with van der Waals surface area (Å²) < 4.78 is 17.3. The Hall–Kier alpha value is -3.18. The van der Waals surface area contributed by atoms with Crippen molar-refractivity contribution in [3.8, 4) is 0 Å². The highest BCUT2D eigenvalue weighted by atomic mass is 16.6. The van der Waals surface area contributed by atoms with E-state index in [1.807, 2.05) is 0 Å². The molecule has 0 saturated carbocycles. The summed E-state index contributed by atoms with van der Waals surface area (Å²) in [6.45, 7) is 7.52. The van der Waals surface area contributed by atoms with Crippen molar-refractivity contribution in [1.29, 1.82) is 0 Å². The lowest BCUT2D eigenvalue weighted by molar-refractivity contribution is -0.163. The van der Waals surface area contributed by atoms with Crippen LogP contribution in [0, 0.1) is 0 Å². The summed E-state index contributed by atoms with van der Waals surface area (Å²) in [4.78, 5) is 25.4. The normalized spacial score (nSPS) is 13.0. The lowest BCUT2D eigenvalue weighted by Gasteiger charge is -2.18. The Balaban J connectivity index is 4.38. The van der Waals surface area contributed by atoms with E-state index in [9.17, 15) is 9.59 Å². The molecule has 0 heterocycles. The molecule has 354 valence electrons. The summed E-state index contributed by atoms with van der Waals surface area (Å²) in [5.41, 5.74) is 0. The molecule has 1 atom stereocenters. The van der Waals surface area contributed by atoms with Crippen LogP contribution in [0.2, 0.25) is 0 Å². The first kappa shape index (κ1) is 58.8. The quantitative estimate of drug-likeness (QED) is 0.0347. The summed E-state index contributed by atoms with van der Waals surface area (Å²) in [5, 5.41) is 0. The van der Waals surface area contributed by atoms with Crippen LogP contribution in [0.4, 0.5) is 0 Å². The summed E-state index contributed by atoms with van der Waals surface area (Å²) >= 11 is 0. The largest absolute Gasteiger partial charge is 0.462 e. The van der Waals surface area contributed by atoms with E-state index < -0.39 is 6.10 Å². The maximum atomic E-state index is 12.8. The third-order valence-corrected chi connectivity index (χ3v) is 10.6. The minimum atomic E-state index is -0.569. The van der Waals surface area contributed by atoms with Gasteiger partial charge in [-0.05, 0) is 89.9 Å².